The number of aromatic nitrogens is 2. The van der Waals surface area contributed by atoms with Crippen molar-refractivity contribution in [2.45, 2.75) is 45.1 Å². The monoisotopic (exact) mass is 267 g/mol. The van der Waals surface area contributed by atoms with E-state index in [1.807, 2.05) is 20.0 Å². The summed E-state index contributed by atoms with van der Waals surface area (Å²) in [6.07, 6.45) is 4.15. The van der Waals surface area contributed by atoms with Gasteiger partial charge in [0, 0.05) is 31.4 Å². The molecule has 0 fully saturated rings. The van der Waals surface area contributed by atoms with E-state index in [0.29, 0.717) is 19.3 Å². The number of nitrogens with one attached hydrogen (secondary N) is 1. The van der Waals surface area contributed by atoms with Crippen molar-refractivity contribution in [1.29, 1.82) is 0 Å². The van der Waals surface area contributed by atoms with E-state index in [1.54, 1.807) is 10.9 Å². The fourth-order valence-electron chi connectivity index (χ4n) is 1.97. The number of amides is 1. The summed E-state index contributed by atoms with van der Waals surface area (Å²) in [5.41, 5.74) is 0.987. The molecule has 0 aliphatic rings. The topological polar surface area (TPSA) is 84.2 Å². The fraction of sp³-hybridized carbons (Fsp3) is 0.615. The largest absolute Gasteiger partial charge is 0.481 e. The van der Waals surface area contributed by atoms with Gasteiger partial charge in [-0.1, -0.05) is 13.3 Å². The molecule has 1 amide bonds. The molecule has 1 aromatic heterocycles. The van der Waals surface area contributed by atoms with Crippen LogP contribution in [0.1, 0.15) is 38.3 Å². The lowest BCUT2D eigenvalue weighted by molar-refractivity contribution is -0.137. The molecule has 6 nitrogen and oxygen atoms in total. The number of nitrogens with zero attached hydrogens (tertiary/aromatic N) is 2. The first kappa shape index (κ1) is 15.2. The number of carbonyl (C=O) groups excluding carboxylic acids is 1. The average molecular weight is 267 g/mol. The highest BCUT2D eigenvalue weighted by molar-refractivity contribution is 5.77. The molecule has 0 unspecified atom stereocenters. The summed E-state index contributed by atoms with van der Waals surface area (Å²) >= 11 is 0. The van der Waals surface area contributed by atoms with Crippen LogP contribution in [-0.2, 0) is 23.1 Å². The van der Waals surface area contributed by atoms with Crippen LogP contribution in [0.4, 0.5) is 0 Å². The van der Waals surface area contributed by atoms with Gasteiger partial charge in [0.05, 0.1) is 6.42 Å². The van der Waals surface area contributed by atoms with E-state index >= 15 is 0 Å². The molecule has 19 heavy (non-hydrogen) atoms. The van der Waals surface area contributed by atoms with Crippen LogP contribution in [-0.4, -0.2) is 32.8 Å². The third kappa shape index (κ3) is 5.54. The maximum absolute atomic E-state index is 11.8. The normalized spacial score (nSPS) is 12.1. The minimum atomic E-state index is -0.884. The Bertz CT molecular complexity index is 429. The van der Waals surface area contributed by atoms with E-state index in [0.717, 1.165) is 12.1 Å². The molecule has 0 aromatic carbocycles. The molecular formula is C13H21N3O3. The third-order valence-electron chi connectivity index (χ3n) is 2.95. The first-order chi connectivity index (χ1) is 9.02. The van der Waals surface area contributed by atoms with Gasteiger partial charge in [0.15, 0.2) is 0 Å². The van der Waals surface area contributed by atoms with Crippen LogP contribution < -0.4 is 5.32 Å². The lowest BCUT2D eigenvalue weighted by Gasteiger charge is -2.16. The molecule has 1 heterocycles. The van der Waals surface area contributed by atoms with E-state index in [9.17, 15) is 9.59 Å². The van der Waals surface area contributed by atoms with Crippen LogP contribution >= 0.6 is 0 Å². The zero-order chi connectivity index (χ0) is 14.3. The summed E-state index contributed by atoms with van der Waals surface area (Å²) in [5.74, 6) is -0.994. The standard InChI is InChI=1S/C13H21N3O3/c1-3-4-10(9-13(18)19)15-12(17)6-5-11-7-8-14-16(11)2/h7-8,10H,3-6,9H2,1-2H3,(H,15,17)(H,18,19)/t10-/m1/s1. The predicted molar refractivity (Wildman–Crippen MR) is 70.6 cm³/mol. The summed E-state index contributed by atoms with van der Waals surface area (Å²) < 4.78 is 1.73. The lowest BCUT2D eigenvalue weighted by atomic mass is 10.1. The molecule has 0 saturated heterocycles. The van der Waals surface area contributed by atoms with Crippen LogP contribution in [0, 0.1) is 0 Å². The van der Waals surface area contributed by atoms with E-state index < -0.39 is 5.97 Å². The van der Waals surface area contributed by atoms with Crippen molar-refractivity contribution in [1.82, 2.24) is 15.1 Å². The molecular weight excluding hydrogens is 246 g/mol. The maximum atomic E-state index is 11.8. The van der Waals surface area contributed by atoms with Gasteiger partial charge in [-0.05, 0) is 18.9 Å². The van der Waals surface area contributed by atoms with Gasteiger partial charge in [-0.3, -0.25) is 14.3 Å². The lowest BCUT2D eigenvalue weighted by Crippen LogP contribution is -2.36. The Morgan fingerprint density at radius 2 is 2.26 bits per heavy atom. The van der Waals surface area contributed by atoms with Crippen molar-refractivity contribution < 1.29 is 14.7 Å². The number of hydrogen-bond donors (Lipinski definition) is 2. The number of aliphatic carboxylic acids is 1. The van der Waals surface area contributed by atoms with Crippen molar-refractivity contribution >= 4 is 11.9 Å². The Balaban J connectivity index is 2.39. The quantitative estimate of drug-likeness (QED) is 0.739. The summed E-state index contributed by atoms with van der Waals surface area (Å²) in [6.45, 7) is 1.97. The fourth-order valence-corrected chi connectivity index (χ4v) is 1.97. The van der Waals surface area contributed by atoms with Gasteiger partial charge < -0.3 is 10.4 Å². The zero-order valence-corrected chi connectivity index (χ0v) is 11.4. The predicted octanol–water partition coefficient (Wildman–Crippen LogP) is 1.11. The van der Waals surface area contributed by atoms with Gasteiger partial charge >= 0.3 is 5.97 Å². The molecule has 0 aliphatic heterocycles. The molecule has 2 N–H and O–H groups in total. The molecule has 1 rings (SSSR count). The molecule has 0 spiro atoms. The first-order valence-corrected chi connectivity index (χ1v) is 6.51. The smallest absolute Gasteiger partial charge is 0.305 e. The van der Waals surface area contributed by atoms with Gasteiger partial charge in [0.2, 0.25) is 5.91 Å². The molecule has 6 heteroatoms. The number of carboxylic acids is 1. The molecule has 0 radical (unpaired) electrons. The SMILES string of the molecule is CCC[C@H](CC(=O)O)NC(=O)CCc1ccnn1C. The van der Waals surface area contributed by atoms with Crippen LogP contribution in [0.15, 0.2) is 12.3 Å². The highest BCUT2D eigenvalue weighted by atomic mass is 16.4. The van der Waals surface area contributed by atoms with Gasteiger partial charge in [0.25, 0.3) is 0 Å². The molecule has 1 aromatic rings. The van der Waals surface area contributed by atoms with E-state index in [1.165, 1.54) is 0 Å². The Hall–Kier alpha value is -1.85. The first-order valence-electron chi connectivity index (χ1n) is 6.51. The number of carbonyl (C=O) groups is 2. The van der Waals surface area contributed by atoms with E-state index in [4.69, 9.17) is 5.11 Å². The van der Waals surface area contributed by atoms with Crippen LogP contribution in [0.5, 0.6) is 0 Å². The third-order valence-corrected chi connectivity index (χ3v) is 2.95. The summed E-state index contributed by atoms with van der Waals surface area (Å²) in [6, 6.07) is 1.59. The summed E-state index contributed by atoms with van der Waals surface area (Å²) in [4.78, 5) is 22.5. The van der Waals surface area contributed by atoms with Crippen molar-refractivity contribution in [2.75, 3.05) is 0 Å². The minimum Gasteiger partial charge on any atom is -0.481 e. The summed E-state index contributed by atoms with van der Waals surface area (Å²) in [5, 5.41) is 15.6. The van der Waals surface area contributed by atoms with E-state index in [-0.39, 0.29) is 18.4 Å². The maximum Gasteiger partial charge on any atom is 0.305 e. The van der Waals surface area contributed by atoms with Gasteiger partial charge in [-0.25, -0.2) is 0 Å². The van der Waals surface area contributed by atoms with Crippen molar-refractivity contribution in [3.63, 3.8) is 0 Å². The van der Waals surface area contributed by atoms with Crippen LogP contribution in [0.3, 0.4) is 0 Å². The molecule has 0 saturated carbocycles. The van der Waals surface area contributed by atoms with E-state index in [2.05, 4.69) is 10.4 Å². The molecule has 106 valence electrons. The van der Waals surface area contributed by atoms with Gasteiger partial charge in [-0.2, -0.15) is 5.10 Å². The Morgan fingerprint density at radius 3 is 2.79 bits per heavy atom. The number of rotatable bonds is 8. The molecule has 1 atom stereocenters. The second-order valence-corrected chi connectivity index (χ2v) is 4.60. The van der Waals surface area contributed by atoms with Gasteiger partial charge in [0.1, 0.15) is 0 Å². The van der Waals surface area contributed by atoms with Gasteiger partial charge in [-0.15, -0.1) is 0 Å². The van der Waals surface area contributed by atoms with Crippen LogP contribution in [0.2, 0.25) is 0 Å². The molecule has 0 bridgehead atoms. The second kappa shape index (κ2) is 7.56. The number of aryl methyl sites for hydroxylation is 2. The highest BCUT2D eigenvalue weighted by Crippen LogP contribution is 2.05. The number of hydrogen-bond acceptors (Lipinski definition) is 3. The van der Waals surface area contributed by atoms with Crippen molar-refractivity contribution in [3.05, 3.63) is 18.0 Å². The second-order valence-electron chi connectivity index (χ2n) is 4.60. The molecule has 0 aliphatic carbocycles. The average Bonchev–Trinajstić information content (AvgIpc) is 2.71. The Labute approximate surface area is 112 Å². The van der Waals surface area contributed by atoms with Crippen molar-refractivity contribution in [2.24, 2.45) is 7.05 Å². The Kier molecular flexibility index (Phi) is 6.05. The highest BCUT2D eigenvalue weighted by Gasteiger charge is 2.15. The Morgan fingerprint density at radius 1 is 1.53 bits per heavy atom. The summed E-state index contributed by atoms with van der Waals surface area (Å²) in [7, 11) is 1.83. The minimum absolute atomic E-state index is 0.0225. The zero-order valence-electron chi connectivity index (χ0n) is 11.4. The van der Waals surface area contributed by atoms with Crippen LogP contribution in [0.25, 0.3) is 0 Å². The van der Waals surface area contributed by atoms with Crippen molar-refractivity contribution in [3.8, 4) is 0 Å². The number of carboxylic acid groups (broad SMARTS) is 1.